The van der Waals surface area contributed by atoms with Gasteiger partial charge in [0, 0.05) is 18.3 Å². The van der Waals surface area contributed by atoms with Crippen molar-refractivity contribution in [3.05, 3.63) is 83.4 Å². The fraction of sp³-hybridized carbons (Fsp3) is 0.269. The van der Waals surface area contributed by atoms with Crippen LogP contribution in [0.1, 0.15) is 16.7 Å². The van der Waals surface area contributed by atoms with E-state index in [2.05, 4.69) is 5.32 Å². The summed E-state index contributed by atoms with van der Waals surface area (Å²) in [7, 11) is -1.07. The van der Waals surface area contributed by atoms with Crippen molar-refractivity contribution < 1.29 is 22.7 Å². The van der Waals surface area contributed by atoms with Crippen molar-refractivity contribution in [1.82, 2.24) is 4.31 Å². The summed E-state index contributed by atoms with van der Waals surface area (Å²) < 4.78 is 38.9. The fourth-order valence-corrected chi connectivity index (χ4v) is 4.94. The molecule has 0 unspecified atom stereocenters. The third-order valence-electron chi connectivity index (χ3n) is 5.47. The Kier molecular flexibility index (Phi) is 8.31. The molecule has 3 aromatic rings. The van der Waals surface area contributed by atoms with Crippen LogP contribution in [-0.2, 0) is 21.2 Å². The molecule has 0 radical (unpaired) electrons. The zero-order valence-electron chi connectivity index (χ0n) is 19.9. The molecule has 0 atom stereocenters. The molecule has 0 aromatic heterocycles. The number of hydrogen-bond acceptors (Lipinski definition) is 5. The Bertz CT molecular complexity index is 1240. The number of rotatable bonds is 10. The summed E-state index contributed by atoms with van der Waals surface area (Å²) in [6, 6.07) is 19.7. The highest BCUT2D eigenvalue weighted by Gasteiger charge is 2.28. The lowest BCUT2D eigenvalue weighted by Crippen LogP contribution is -2.39. The minimum absolute atomic E-state index is 0.0257. The molecule has 3 rings (SSSR count). The highest BCUT2D eigenvalue weighted by Crippen LogP contribution is 2.30. The SMILES string of the molecule is COc1ccc(S(=O)(=O)N(CCc2ccccc2)CC(=O)Nc2cc(C)ccc2C)cc1OC. The van der Waals surface area contributed by atoms with Crippen LogP contribution in [0.15, 0.2) is 71.6 Å². The van der Waals surface area contributed by atoms with Gasteiger partial charge in [0.15, 0.2) is 11.5 Å². The second-order valence-electron chi connectivity index (χ2n) is 7.96. The number of aryl methyl sites for hydroxylation is 2. The topological polar surface area (TPSA) is 84.9 Å². The third-order valence-corrected chi connectivity index (χ3v) is 7.31. The van der Waals surface area contributed by atoms with Crippen LogP contribution in [0.2, 0.25) is 0 Å². The van der Waals surface area contributed by atoms with E-state index in [0.717, 1.165) is 16.7 Å². The van der Waals surface area contributed by atoms with Gasteiger partial charge in [0.25, 0.3) is 0 Å². The molecule has 0 saturated carbocycles. The van der Waals surface area contributed by atoms with Crippen molar-refractivity contribution in [2.75, 3.05) is 32.6 Å². The first-order valence-corrected chi connectivity index (χ1v) is 12.3. The largest absolute Gasteiger partial charge is 0.493 e. The molecule has 0 aliphatic rings. The van der Waals surface area contributed by atoms with Crippen LogP contribution < -0.4 is 14.8 Å². The number of carbonyl (C=O) groups excluding carboxylic acids is 1. The maximum Gasteiger partial charge on any atom is 0.243 e. The predicted molar refractivity (Wildman–Crippen MR) is 133 cm³/mol. The van der Waals surface area contributed by atoms with E-state index in [9.17, 15) is 13.2 Å². The van der Waals surface area contributed by atoms with Crippen molar-refractivity contribution in [2.45, 2.75) is 25.2 Å². The summed E-state index contributed by atoms with van der Waals surface area (Å²) >= 11 is 0. The maximum absolute atomic E-state index is 13.6. The predicted octanol–water partition coefficient (Wildman–Crippen LogP) is 4.19. The minimum Gasteiger partial charge on any atom is -0.493 e. The molecule has 34 heavy (non-hydrogen) atoms. The molecule has 0 saturated heterocycles. The molecule has 7 nitrogen and oxygen atoms in total. The lowest BCUT2D eigenvalue weighted by atomic mass is 10.1. The summed E-state index contributed by atoms with van der Waals surface area (Å²) in [5, 5.41) is 2.85. The first-order valence-electron chi connectivity index (χ1n) is 10.9. The van der Waals surface area contributed by atoms with Gasteiger partial charge in [-0.05, 0) is 55.2 Å². The number of nitrogens with one attached hydrogen (secondary N) is 1. The van der Waals surface area contributed by atoms with E-state index in [1.165, 1.54) is 36.7 Å². The van der Waals surface area contributed by atoms with Crippen molar-refractivity contribution in [3.63, 3.8) is 0 Å². The number of amides is 1. The van der Waals surface area contributed by atoms with Gasteiger partial charge in [-0.2, -0.15) is 4.31 Å². The number of carbonyl (C=O) groups is 1. The van der Waals surface area contributed by atoms with Gasteiger partial charge in [-0.25, -0.2) is 8.42 Å². The molecular formula is C26H30N2O5S. The first kappa shape index (κ1) is 25.3. The number of hydrogen-bond donors (Lipinski definition) is 1. The van der Waals surface area contributed by atoms with Crippen LogP contribution in [0.3, 0.4) is 0 Å². The monoisotopic (exact) mass is 482 g/mol. The number of methoxy groups -OCH3 is 2. The Morgan fingerprint density at radius 1 is 0.912 bits per heavy atom. The fourth-order valence-electron chi connectivity index (χ4n) is 3.53. The van der Waals surface area contributed by atoms with Crippen LogP contribution in [0.4, 0.5) is 5.69 Å². The molecule has 0 aliphatic carbocycles. The molecule has 3 aromatic carbocycles. The maximum atomic E-state index is 13.6. The molecule has 0 aliphatic heterocycles. The molecule has 0 bridgehead atoms. The van der Waals surface area contributed by atoms with Crippen LogP contribution in [0.25, 0.3) is 0 Å². The van der Waals surface area contributed by atoms with Crippen molar-refractivity contribution in [3.8, 4) is 11.5 Å². The normalized spacial score (nSPS) is 11.3. The summed E-state index contributed by atoms with van der Waals surface area (Å²) in [6.07, 6.45) is 0.462. The molecule has 0 spiro atoms. The van der Waals surface area contributed by atoms with Gasteiger partial charge in [0.05, 0.1) is 25.7 Å². The van der Waals surface area contributed by atoms with Gasteiger partial charge in [0.1, 0.15) is 0 Å². The van der Waals surface area contributed by atoms with E-state index >= 15 is 0 Å². The van der Waals surface area contributed by atoms with Gasteiger partial charge in [-0.1, -0.05) is 42.5 Å². The molecule has 8 heteroatoms. The van der Waals surface area contributed by atoms with Gasteiger partial charge in [0.2, 0.25) is 15.9 Å². The van der Waals surface area contributed by atoms with E-state index in [1.54, 1.807) is 0 Å². The average molecular weight is 483 g/mol. The molecule has 1 amide bonds. The Labute approximate surface area is 201 Å². The number of anilines is 1. The van der Waals surface area contributed by atoms with Gasteiger partial charge < -0.3 is 14.8 Å². The highest BCUT2D eigenvalue weighted by molar-refractivity contribution is 7.89. The Balaban J connectivity index is 1.89. The van der Waals surface area contributed by atoms with E-state index in [0.29, 0.717) is 23.6 Å². The van der Waals surface area contributed by atoms with Gasteiger partial charge >= 0.3 is 0 Å². The van der Waals surface area contributed by atoms with E-state index in [-0.39, 0.29) is 18.0 Å². The zero-order chi connectivity index (χ0) is 24.7. The second-order valence-corrected chi connectivity index (χ2v) is 9.90. The highest BCUT2D eigenvalue weighted by atomic mass is 32.2. The third kappa shape index (κ3) is 6.15. The Morgan fingerprint density at radius 2 is 1.62 bits per heavy atom. The molecule has 0 fully saturated rings. The van der Waals surface area contributed by atoms with Crippen LogP contribution in [-0.4, -0.2) is 45.9 Å². The standard InChI is InChI=1S/C26H30N2O5S/c1-19-10-11-20(2)23(16-19)27-26(29)18-28(15-14-21-8-6-5-7-9-21)34(30,31)22-12-13-24(32-3)25(17-22)33-4/h5-13,16-17H,14-15,18H2,1-4H3,(H,27,29). The Morgan fingerprint density at radius 3 is 2.29 bits per heavy atom. The Hall–Kier alpha value is -3.36. The first-order chi connectivity index (χ1) is 16.2. The molecule has 180 valence electrons. The van der Waals surface area contributed by atoms with Crippen molar-refractivity contribution in [1.29, 1.82) is 0 Å². The van der Waals surface area contributed by atoms with E-state index in [1.807, 2.05) is 62.4 Å². The van der Waals surface area contributed by atoms with E-state index < -0.39 is 15.9 Å². The van der Waals surface area contributed by atoms with Crippen LogP contribution in [0, 0.1) is 13.8 Å². The molecular weight excluding hydrogens is 452 g/mol. The summed E-state index contributed by atoms with van der Waals surface area (Å²) in [5.74, 6) is 0.308. The lowest BCUT2D eigenvalue weighted by molar-refractivity contribution is -0.116. The summed E-state index contributed by atoms with van der Waals surface area (Å²) in [4.78, 5) is 13.0. The average Bonchev–Trinajstić information content (AvgIpc) is 2.84. The number of sulfonamides is 1. The van der Waals surface area contributed by atoms with Crippen molar-refractivity contribution >= 4 is 21.6 Å². The van der Waals surface area contributed by atoms with E-state index in [4.69, 9.17) is 9.47 Å². The summed E-state index contributed by atoms with van der Waals surface area (Å²) in [6.45, 7) is 3.64. The lowest BCUT2D eigenvalue weighted by Gasteiger charge is -2.23. The van der Waals surface area contributed by atoms with Crippen molar-refractivity contribution in [2.24, 2.45) is 0 Å². The number of nitrogens with zero attached hydrogens (tertiary/aromatic N) is 1. The van der Waals surface area contributed by atoms with Crippen LogP contribution >= 0.6 is 0 Å². The number of ether oxygens (including phenoxy) is 2. The van der Waals surface area contributed by atoms with Crippen LogP contribution in [0.5, 0.6) is 11.5 Å². The number of benzene rings is 3. The minimum atomic E-state index is -4.00. The second kappa shape index (κ2) is 11.2. The molecule has 0 heterocycles. The summed E-state index contributed by atoms with van der Waals surface area (Å²) in [5.41, 5.74) is 3.54. The zero-order valence-corrected chi connectivity index (χ0v) is 20.7. The quantitative estimate of drug-likeness (QED) is 0.468. The molecule has 1 N–H and O–H groups in total. The van der Waals surface area contributed by atoms with Gasteiger partial charge in [-0.15, -0.1) is 0 Å². The van der Waals surface area contributed by atoms with Gasteiger partial charge in [-0.3, -0.25) is 4.79 Å². The smallest absolute Gasteiger partial charge is 0.243 e.